The number of hydrogen-bond acceptors (Lipinski definition) is 4. The number of esters is 1. The van der Waals surface area contributed by atoms with Gasteiger partial charge in [0.1, 0.15) is 0 Å². The molecule has 4 nitrogen and oxygen atoms in total. The number of carbonyl (C=O) groups is 1. The van der Waals surface area contributed by atoms with E-state index in [4.69, 9.17) is 16.3 Å². The van der Waals surface area contributed by atoms with E-state index in [-0.39, 0.29) is 17.4 Å². The van der Waals surface area contributed by atoms with Crippen LogP contribution in [-0.4, -0.2) is 31.1 Å². The zero-order valence-corrected chi connectivity index (χ0v) is 18.3. The van der Waals surface area contributed by atoms with E-state index in [1.807, 2.05) is 32.9 Å². The number of nitrogens with one attached hydrogen (secondary N) is 1. The number of methoxy groups -OCH3 is 1. The molecule has 1 fully saturated rings. The predicted molar refractivity (Wildman–Crippen MR) is 119 cm³/mol. The highest BCUT2D eigenvalue weighted by molar-refractivity contribution is 6.31. The first-order chi connectivity index (χ1) is 13.7. The van der Waals surface area contributed by atoms with Crippen molar-refractivity contribution < 1.29 is 9.53 Å². The fraction of sp³-hybridized carbons (Fsp3) is 0.375. The van der Waals surface area contributed by atoms with Crippen molar-refractivity contribution in [3.05, 3.63) is 76.3 Å². The molecule has 1 N–H and O–H groups in total. The van der Waals surface area contributed by atoms with Gasteiger partial charge in [0, 0.05) is 30.3 Å². The third-order valence-electron chi connectivity index (χ3n) is 5.48. The number of rotatable bonds is 7. The van der Waals surface area contributed by atoms with Crippen LogP contribution in [0.1, 0.15) is 36.6 Å². The lowest BCUT2D eigenvalue weighted by Crippen LogP contribution is -2.58. The molecule has 0 aromatic heterocycles. The minimum Gasteiger partial charge on any atom is -0.469 e. The number of aryl methyl sites for hydroxylation is 1. The summed E-state index contributed by atoms with van der Waals surface area (Å²) in [7, 11) is 1.45. The van der Waals surface area contributed by atoms with E-state index in [1.165, 1.54) is 12.7 Å². The number of hydrogen-bond donors (Lipinski definition) is 1. The minimum atomic E-state index is -0.387. The van der Waals surface area contributed by atoms with Crippen LogP contribution in [0, 0.1) is 12.3 Å². The van der Waals surface area contributed by atoms with Crippen LogP contribution < -0.4 is 5.32 Å². The van der Waals surface area contributed by atoms with E-state index in [0.717, 1.165) is 47.0 Å². The van der Waals surface area contributed by atoms with Crippen LogP contribution in [0.2, 0.25) is 5.02 Å². The van der Waals surface area contributed by atoms with Crippen molar-refractivity contribution in [3.8, 4) is 0 Å². The standard InChI is InChI=1S/C24H29ClN2O2/c1-16(2)22(19-9-10-21(25)17(3)11-19)26-20-8-6-7-18(12-20)13-27-14-24(4,15-27)23(28)29-5/h6-12,22,26H,1,13-15H2,2-5H3/t22-/m1/s1. The molecule has 0 radical (unpaired) electrons. The highest BCUT2D eigenvalue weighted by atomic mass is 35.5. The molecule has 1 aliphatic heterocycles. The summed E-state index contributed by atoms with van der Waals surface area (Å²) in [6, 6.07) is 14.5. The molecule has 1 aliphatic rings. The van der Waals surface area contributed by atoms with Crippen molar-refractivity contribution in [3.63, 3.8) is 0 Å². The average molecular weight is 413 g/mol. The van der Waals surface area contributed by atoms with E-state index >= 15 is 0 Å². The van der Waals surface area contributed by atoms with Crippen LogP contribution in [0.4, 0.5) is 5.69 Å². The number of nitrogens with zero attached hydrogens (tertiary/aromatic N) is 1. The second-order valence-corrected chi connectivity index (χ2v) is 8.74. The van der Waals surface area contributed by atoms with Gasteiger partial charge in [-0.1, -0.05) is 48.0 Å². The van der Waals surface area contributed by atoms with Crippen molar-refractivity contribution >= 4 is 23.3 Å². The number of ether oxygens (including phenoxy) is 1. The summed E-state index contributed by atoms with van der Waals surface area (Å²) in [6.07, 6.45) is 0. The van der Waals surface area contributed by atoms with Gasteiger partial charge in [-0.25, -0.2) is 0 Å². The van der Waals surface area contributed by atoms with Gasteiger partial charge in [0.05, 0.1) is 18.6 Å². The van der Waals surface area contributed by atoms with Crippen molar-refractivity contribution in [2.24, 2.45) is 5.41 Å². The molecule has 1 heterocycles. The Balaban J connectivity index is 1.69. The lowest BCUT2D eigenvalue weighted by Gasteiger charge is -2.45. The maximum atomic E-state index is 11.9. The molecule has 5 heteroatoms. The van der Waals surface area contributed by atoms with Crippen molar-refractivity contribution in [2.45, 2.75) is 33.4 Å². The number of carbonyl (C=O) groups excluding carboxylic acids is 1. The molecular weight excluding hydrogens is 384 g/mol. The quantitative estimate of drug-likeness (QED) is 0.490. The molecule has 154 valence electrons. The maximum absolute atomic E-state index is 11.9. The molecule has 0 saturated carbocycles. The molecule has 3 rings (SSSR count). The predicted octanol–water partition coefficient (Wildman–Crippen LogP) is 5.37. The third kappa shape index (κ3) is 4.82. The summed E-state index contributed by atoms with van der Waals surface area (Å²) in [5, 5.41) is 4.37. The highest BCUT2D eigenvalue weighted by Crippen LogP contribution is 2.33. The van der Waals surface area contributed by atoms with Gasteiger partial charge in [-0.15, -0.1) is 0 Å². The van der Waals surface area contributed by atoms with E-state index in [0.29, 0.717) is 0 Å². The highest BCUT2D eigenvalue weighted by Gasteiger charge is 2.45. The summed E-state index contributed by atoms with van der Waals surface area (Å²) in [5.74, 6) is -0.133. The van der Waals surface area contributed by atoms with E-state index in [1.54, 1.807) is 0 Å². The van der Waals surface area contributed by atoms with Gasteiger partial charge in [-0.2, -0.15) is 0 Å². The first-order valence-electron chi connectivity index (χ1n) is 9.79. The molecule has 0 spiro atoms. The van der Waals surface area contributed by atoms with E-state index in [9.17, 15) is 4.79 Å². The molecule has 0 aliphatic carbocycles. The molecule has 2 aromatic rings. The number of likely N-dealkylation sites (tertiary alicyclic amines) is 1. The van der Waals surface area contributed by atoms with Crippen LogP contribution in [0.5, 0.6) is 0 Å². The van der Waals surface area contributed by atoms with Gasteiger partial charge in [0.25, 0.3) is 0 Å². The topological polar surface area (TPSA) is 41.6 Å². The zero-order valence-electron chi connectivity index (χ0n) is 17.6. The molecule has 29 heavy (non-hydrogen) atoms. The molecule has 1 saturated heterocycles. The number of halogens is 1. The lowest BCUT2D eigenvalue weighted by atomic mass is 9.82. The summed E-state index contributed by atoms with van der Waals surface area (Å²) >= 11 is 6.19. The SMILES string of the molecule is C=C(C)[C@@H](Nc1cccc(CN2CC(C)(C(=O)OC)C2)c1)c1ccc(Cl)c(C)c1. The molecule has 2 aromatic carbocycles. The van der Waals surface area contributed by atoms with Crippen LogP contribution in [-0.2, 0) is 16.1 Å². The van der Waals surface area contributed by atoms with Gasteiger partial charge in [-0.3, -0.25) is 9.69 Å². The van der Waals surface area contributed by atoms with Crippen LogP contribution in [0.25, 0.3) is 0 Å². The summed E-state index contributed by atoms with van der Waals surface area (Å²) in [6.45, 7) is 12.4. The Morgan fingerprint density at radius 2 is 2.03 bits per heavy atom. The van der Waals surface area contributed by atoms with Gasteiger partial charge in [0.15, 0.2) is 0 Å². The molecule has 0 amide bonds. The van der Waals surface area contributed by atoms with E-state index < -0.39 is 0 Å². The zero-order chi connectivity index (χ0) is 21.2. The Morgan fingerprint density at radius 3 is 2.66 bits per heavy atom. The minimum absolute atomic E-state index is 0.00726. The van der Waals surface area contributed by atoms with Crippen molar-refractivity contribution in [1.29, 1.82) is 0 Å². The molecular formula is C24H29ClN2O2. The Labute approximate surface area is 178 Å². The van der Waals surface area contributed by atoms with Crippen LogP contribution in [0.15, 0.2) is 54.6 Å². The van der Waals surface area contributed by atoms with Gasteiger partial charge >= 0.3 is 5.97 Å². The third-order valence-corrected chi connectivity index (χ3v) is 5.90. The average Bonchev–Trinajstić information content (AvgIpc) is 2.66. The van der Waals surface area contributed by atoms with Crippen LogP contribution >= 0.6 is 11.6 Å². The summed E-state index contributed by atoms with van der Waals surface area (Å²) in [5.41, 5.74) is 5.09. The monoisotopic (exact) mass is 412 g/mol. The van der Waals surface area contributed by atoms with Gasteiger partial charge in [-0.05, 0) is 55.7 Å². The second-order valence-electron chi connectivity index (χ2n) is 8.33. The Bertz CT molecular complexity index is 919. The Hall–Kier alpha value is -2.30. The van der Waals surface area contributed by atoms with Crippen molar-refractivity contribution in [2.75, 3.05) is 25.5 Å². The van der Waals surface area contributed by atoms with Crippen molar-refractivity contribution in [1.82, 2.24) is 4.90 Å². The lowest BCUT2D eigenvalue weighted by molar-refractivity contribution is -0.162. The Kier molecular flexibility index (Phi) is 6.35. The summed E-state index contributed by atoms with van der Waals surface area (Å²) in [4.78, 5) is 14.1. The fourth-order valence-electron chi connectivity index (χ4n) is 3.95. The van der Waals surface area contributed by atoms with Crippen LogP contribution in [0.3, 0.4) is 0 Å². The Morgan fingerprint density at radius 1 is 1.31 bits per heavy atom. The number of anilines is 1. The largest absolute Gasteiger partial charge is 0.469 e. The molecule has 0 bridgehead atoms. The summed E-state index contributed by atoms with van der Waals surface area (Å²) < 4.78 is 4.91. The molecule has 1 atom stereocenters. The van der Waals surface area contributed by atoms with Gasteiger partial charge < -0.3 is 10.1 Å². The fourth-order valence-corrected chi connectivity index (χ4v) is 4.07. The normalized spacial score (nSPS) is 16.6. The van der Waals surface area contributed by atoms with Gasteiger partial charge in [0.2, 0.25) is 0 Å². The molecule has 0 unspecified atom stereocenters. The maximum Gasteiger partial charge on any atom is 0.314 e. The first kappa shape index (κ1) is 21.4. The number of benzene rings is 2. The van der Waals surface area contributed by atoms with E-state index in [2.05, 4.69) is 47.1 Å². The first-order valence-corrected chi connectivity index (χ1v) is 10.2. The second kappa shape index (κ2) is 8.60. The smallest absolute Gasteiger partial charge is 0.314 e.